The summed E-state index contributed by atoms with van der Waals surface area (Å²) in [6.07, 6.45) is 0. The second-order valence-corrected chi connectivity index (χ2v) is 3.47. The first-order chi connectivity index (χ1) is 5.11. The van der Waals surface area contributed by atoms with Crippen molar-refractivity contribution in [3.05, 3.63) is 10.6 Å². The third-order valence-electron chi connectivity index (χ3n) is 1.50. The predicted octanol–water partition coefficient (Wildman–Crippen LogP) is 1.91. The smallest absolute Gasteiger partial charge is 0.195 e. The van der Waals surface area contributed by atoms with E-state index in [1.54, 1.807) is 0 Å². The van der Waals surface area contributed by atoms with Gasteiger partial charge in [0.05, 0.1) is 0 Å². The summed E-state index contributed by atoms with van der Waals surface area (Å²) < 4.78 is 2.73. The van der Waals surface area contributed by atoms with E-state index in [-0.39, 0.29) is 0 Å². The molecule has 11 heavy (non-hydrogen) atoms. The number of nitrogens with one attached hydrogen (secondary N) is 1. The largest absolute Gasteiger partial charge is 0.304 e. The standard InChI is InChI=1S/C7H13N3S/c1-5(2)4-10-6(3)8-9-7(10)11/h5H,4H2,1-3H3,(H,9,11). The van der Waals surface area contributed by atoms with Crippen LogP contribution in [0.15, 0.2) is 0 Å². The molecule has 0 spiro atoms. The van der Waals surface area contributed by atoms with Crippen LogP contribution in [0.3, 0.4) is 0 Å². The van der Waals surface area contributed by atoms with E-state index >= 15 is 0 Å². The van der Waals surface area contributed by atoms with Crippen LogP contribution in [0.2, 0.25) is 0 Å². The Balaban J connectivity index is 2.92. The molecule has 0 aliphatic heterocycles. The molecule has 1 heterocycles. The zero-order chi connectivity index (χ0) is 8.43. The SMILES string of the molecule is Cc1n[nH]c(=S)n1CC(C)C. The number of aromatic amines is 1. The van der Waals surface area contributed by atoms with E-state index in [1.165, 1.54) is 0 Å². The Morgan fingerprint density at radius 2 is 2.27 bits per heavy atom. The van der Waals surface area contributed by atoms with E-state index in [0.717, 1.165) is 17.1 Å². The number of hydrogen-bond acceptors (Lipinski definition) is 2. The number of nitrogens with zero attached hydrogens (tertiary/aromatic N) is 2. The van der Waals surface area contributed by atoms with Crippen molar-refractivity contribution in [1.29, 1.82) is 0 Å². The summed E-state index contributed by atoms with van der Waals surface area (Å²) in [5.41, 5.74) is 0. The van der Waals surface area contributed by atoms with Crippen LogP contribution in [0.5, 0.6) is 0 Å². The lowest BCUT2D eigenvalue weighted by molar-refractivity contribution is 0.509. The number of rotatable bonds is 2. The third-order valence-corrected chi connectivity index (χ3v) is 1.81. The summed E-state index contributed by atoms with van der Waals surface area (Å²) in [4.78, 5) is 0. The summed E-state index contributed by atoms with van der Waals surface area (Å²) >= 11 is 5.04. The van der Waals surface area contributed by atoms with Crippen molar-refractivity contribution in [2.75, 3.05) is 0 Å². The molecule has 0 aliphatic carbocycles. The molecule has 0 unspecified atom stereocenters. The Kier molecular flexibility index (Phi) is 2.44. The van der Waals surface area contributed by atoms with Crippen LogP contribution in [0.25, 0.3) is 0 Å². The van der Waals surface area contributed by atoms with Gasteiger partial charge in [0, 0.05) is 6.54 Å². The van der Waals surface area contributed by atoms with E-state index in [2.05, 4.69) is 24.0 Å². The Bertz CT molecular complexity index is 284. The zero-order valence-corrected chi connectivity index (χ0v) is 7.90. The van der Waals surface area contributed by atoms with Crippen molar-refractivity contribution < 1.29 is 0 Å². The molecule has 0 radical (unpaired) electrons. The van der Waals surface area contributed by atoms with E-state index < -0.39 is 0 Å². The highest BCUT2D eigenvalue weighted by atomic mass is 32.1. The Morgan fingerprint density at radius 1 is 1.64 bits per heavy atom. The highest BCUT2D eigenvalue weighted by Gasteiger charge is 2.01. The highest BCUT2D eigenvalue weighted by Crippen LogP contribution is 2.01. The molecule has 3 nitrogen and oxygen atoms in total. The Hall–Kier alpha value is -0.640. The summed E-state index contributed by atoms with van der Waals surface area (Å²) in [7, 11) is 0. The monoisotopic (exact) mass is 171 g/mol. The maximum atomic E-state index is 5.04. The van der Waals surface area contributed by atoms with Gasteiger partial charge < -0.3 is 4.57 Å². The third kappa shape index (κ3) is 1.89. The van der Waals surface area contributed by atoms with Gasteiger partial charge in [0.2, 0.25) is 0 Å². The summed E-state index contributed by atoms with van der Waals surface area (Å²) in [6, 6.07) is 0. The molecule has 0 atom stereocenters. The minimum Gasteiger partial charge on any atom is -0.304 e. The number of H-pyrrole nitrogens is 1. The zero-order valence-electron chi connectivity index (χ0n) is 7.09. The highest BCUT2D eigenvalue weighted by molar-refractivity contribution is 7.71. The van der Waals surface area contributed by atoms with Crippen LogP contribution in [-0.4, -0.2) is 14.8 Å². The molecule has 0 aliphatic rings. The maximum absolute atomic E-state index is 5.04. The van der Waals surface area contributed by atoms with E-state index in [1.807, 2.05) is 11.5 Å². The molecule has 1 rings (SSSR count). The van der Waals surface area contributed by atoms with E-state index in [4.69, 9.17) is 12.2 Å². The number of hydrogen-bond donors (Lipinski definition) is 1. The van der Waals surface area contributed by atoms with Crippen molar-refractivity contribution in [2.45, 2.75) is 27.3 Å². The minimum atomic E-state index is 0.609. The first-order valence-corrected chi connectivity index (χ1v) is 4.14. The van der Waals surface area contributed by atoms with Crippen LogP contribution in [-0.2, 0) is 6.54 Å². The predicted molar refractivity (Wildman–Crippen MR) is 47.0 cm³/mol. The summed E-state index contributed by atoms with van der Waals surface area (Å²) in [6.45, 7) is 7.22. The maximum Gasteiger partial charge on any atom is 0.195 e. The van der Waals surface area contributed by atoms with Gasteiger partial charge in [0.25, 0.3) is 0 Å². The molecule has 1 aromatic rings. The van der Waals surface area contributed by atoms with Crippen LogP contribution in [0, 0.1) is 17.6 Å². The molecule has 0 aromatic carbocycles. The molecular weight excluding hydrogens is 158 g/mol. The van der Waals surface area contributed by atoms with Gasteiger partial charge in [-0.1, -0.05) is 13.8 Å². The Labute approximate surface area is 71.4 Å². The van der Waals surface area contributed by atoms with Crippen LogP contribution >= 0.6 is 12.2 Å². The lowest BCUT2D eigenvalue weighted by Gasteiger charge is -2.05. The van der Waals surface area contributed by atoms with Crippen molar-refractivity contribution in [2.24, 2.45) is 5.92 Å². The molecule has 0 amide bonds. The van der Waals surface area contributed by atoms with Crippen LogP contribution in [0.4, 0.5) is 0 Å². The first kappa shape index (κ1) is 8.46. The van der Waals surface area contributed by atoms with Crippen molar-refractivity contribution >= 4 is 12.2 Å². The van der Waals surface area contributed by atoms with E-state index in [9.17, 15) is 0 Å². The molecule has 4 heteroatoms. The van der Waals surface area contributed by atoms with Crippen LogP contribution < -0.4 is 0 Å². The van der Waals surface area contributed by atoms with Crippen molar-refractivity contribution in [1.82, 2.24) is 14.8 Å². The van der Waals surface area contributed by atoms with Gasteiger partial charge in [0.1, 0.15) is 5.82 Å². The first-order valence-electron chi connectivity index (χ1n) is 3.73. The lowest BCUT2D eigenvalue weighted by Crippen LogP contribution is -2.06. The fourth-order valence-corrected chi connectivity index (χ4v) is 1.23. The van der Waals surface area contributed by atoms with Crippen molar-refractivity contribution in [3.63, 3.8) is 0 Å². The van der Waals surface area contributed by atoms with Gasteiger partial charge in [-0.25, -0.2) is 0 Å². The van der Waals surface area contributed by atoms with Crippen molar-refractivity contribution in [3.8, 4) is 0 Å². The average Bonchev–Trinajstić information content (AvgIpc) is 2.18. The second kappa shape index (κ2) is 3.17. The second-order valence-electron chi connectivity index (χ2n) is 3.08. The molecule has 0 saturated heterocycles. The lowest BCUT2D eigenvalue weighted by atomic mass is 10.2. The van der Waals surface area contributed by atoms with Gasteiger partial charge in [-0.3, -0.25) is 5.10 Å². The van der Waals surface area contributed by atoms with Gasteiger partial charge in [0.15, 0.2) is 4.77 Å². The van der Waals surface area contributed by atoms with Gasteiger partial charge in [-0.2, -0.15) is 5.10 Å². The van der Waals surface area contributed by atoms with E-state index in [0.29, 0.717) is 5.92 Å². The fourth-order valence-electron chi connectivity index (χ4n) is 0.977. The van der Waals surface area contributed by atoms with Gasteiger partial charge in [-0.05, 0) is 25.1 Å². The summed E-state index contributed by atoms with van der Waals surface area (Å²) in [5.74, 6) is 1.57. The van der Waals surface area contributed by atoms with Gasteiger partial charge >= 0.3 is 0 Å². The Morgan fingerprint density at radius 3 is 2.64 bits per heavy atom. The quantitative estimate of drug-likeness (QED) is 0.689. The molecule has 0 fully saturated rings. The number of aryl methyl sites for hydroxylation is 1. The van der Waals surface area contributed by atoms with Crippen LogP contribution in [0.1, 0.15) is 19.7 Å². The minimum absolute atomic E-state index is 0.609. The summed E-state index contributed by atoms with van der Waals surface area (Å²) in [5, 5.41) is 6.77. The molecule has 62 valence electrons. The normalized spacial score (nSPS) is 10.9. The molecule has 0 saturated carbocycles. The average molecular weight is 171 g/mol. The number of aromatic nitrogens is 3. The topological polar surface area (TPSA) is 33.6 Å². The molecule has 1 N–H and O–H groups in total. The molecule has 1 aromatic heterocycles. The fraction of sp³-hybridized carbons (Fsp3) is 0.714. The molecular formula is C7H13N3S. The van der Waals surface area contributed by atoms with Gasteiger partial charge in [-0.15, -0.1) is 0 Å². The molecule has 0 bridgehead atoms.